The summed E-state index contributed by atoms with van der Waals surface area (Å²) in [5.41, 5.74) is 4.77. The van der Waals surface area contributed by atoms with E-state index in [1.807, 2.05) is 50.2 Å². The van der Waals surface area contributed by atoms with Gasteiger partial charge >= 0.3 is 0 Å². The largest absolute Gasteiger partial charge is 0.497 e. The number of carbonyl (C=O) groups is 2. The van der Waals surface area contributed by atoms with E-state index >= 15 is 0 Å². The molecule has 0 fully saturated rings. The average molecular weight is 428 g/mol. The highest BCUT2D eigenvalue weighted by atomic mass is 16.5. The summed E-state index contributed by atoms with van der Waals surface area (Å²) in [5, 5.41) is 15.0. The van der Waals surface area contributed by atoms with Crippen LogP contribution in [0.15, 0.2) is 60.2 Å². The molecule has 2 aromatic carbocycles. The Balaban J connectivity index is 1.83. The number of rotatable bonds is 6. The summed E-state index contributed by atoms with van der Waals surface area (Å²) in [6, 6.07) is 18.3. The van der Waals surface area contributed by atoms with Crippen molar-refractivity contribution in [2.24, 2.45) is 0 Å². The van der Waals surface area contributed by atoms with Crippen LogP contribution in [0.4, 0.5) is 11.4 Å². The van der Waals surface area contributed by atoms with Gasteiger partial charge in [0.15, 0.2) is 0 Å². The molecule has 0 radical (unpaired) electrons. The van der Waals surface area contributed by atoms with Crippen molar-refractivity contribution in [3.63, 3.8) is 0 Å². The molecule has 0 spiro atoms. The zero-order valence-electron chi connectivity index (χ0n) is 18.4. The van der Waals surface area contributed by atoms with Crippen molar-refractivity contribution in [1.29, 1.82) is 5.26 Å². The highest BCUT2D eigenvalue weighted by molar-refractivity contribution is 6.09. The van der Waals surface area contributed by atoms with Crippen molar-refractivity contribution in [2.75, 3.05) is 17.7 Å². The van der Waals surface area contributed by atoms with Crippen LogP contribution in [0.1, 0.15) is 23.9 Å². The maximum Gasteiger partial charge on any atom is 0.266 e. The number of aromatic nitrogens is 1. The van der Waals surface area contributed by atoms with E-state index in [0.29, 0.717) is 11.4 Å². The molecule has 32 heavy (non-hydrogen) atoms. The number of ether oxygens (including phenoxy) is 1. The molecular weight excluding hydrogens is 404 g/mol. The lowest BCUT2D eigenvalue weighted by atomic mass is 10.1. The number of hydrogen-bond donors (Lipinski definition) is 2. The summed E-state index contributed by atoms with van der Waals surface area (Å²) < 4.78 is 7.27. The molecule has 1 aromatic heterocycles. The first-order valence-electron chi connectivity index (χ1n) is 9.96. The molecule has 3 rings (SSSR count). The first-order valence-corrected chi connectivity index (χ1v) is 9.96. The fourth-order valence-electron chi connectivity index (χ4n) is 3.41. The number of nitriles is 1. The molecule has 0 aliphatic rings. The van der Waals surface area contributed by atoms with Gasteiger partial charge in [0.2, 0.25) is 5.91 Å². The number of benzene rings is 2. The van der Waals surface area contributed by atoms with Gasteiger partial charge < -0.3 is 19.9 Å². The number of nitrogens with one attached hydrogen (secondary N) is 2. The van der Waals surface area contributed by atoms with Crippen LogP contribution in [0, 0.1) is 25.2 Å². The lowest BCUT2D eigenvalue weighted by Gasteiger charge is -2.10. The Labute approximate surface area is 186 Å². The molecule has 162 valence electrons. The minimum Gasteiger partial charge on any atom is -0.497 e. The summed E-state index contributed by atoms with van der Waals surface area (Å²) in [5.74, 6) is 0.0858. The molecule has 0 saturated heterocycles. The van der Waals surface area contributed by atoms with Crippen LogP contribution in [-0.2, 0) is 9.59 Å². The van der Waals surface area contributed by atoms with E-state index in [-0.39, 0.29) is 11.5 Å². The third-order valence-electron chi connectivity index (χ3n) is 4.93. The summed E-state index contributed by atoms with van der Waals surface area (Å²) in [4.78, 5) is 23.8. The zero-order chi connectivity index (χ0) is 23.3. The van der Waals surface area contributed by atoms with Gasteiger partial charge in [0.05, 0.1) is 7.11 Å². The monoisotopic (exact) mass is 428 g/mol. The van der Waals surface area contributed by atoms with E-state index in [1.54, 1.807) is 37.5 Å². The number of anilines is 2. The highest BCUT2D eigenvalue weighted by Crippen LogP contribution is 2.24. The summed E-state index contributed by atoms with van der Waals surface area (Å²) in [6.45, 7) is 5.33. The van der Waals surface area contributed by atoms with Crippen LogP contribution in [0.3, 0.4) is 0 Å². The molecule has 0 atom stereocenters. The van der Waals surface area contributed by atoms with Crippen LogP contribution in [-0.4, -0.2) is 23.5 Å². The minimum absolute atomic E-state index is 0.00841. The predicted molar refractivity (Wildman–Crippen MR) is 125 cm³/mol. The average Bonchev–Trinajstić information content (AvgIpc) is 3.05. The molecule has 0 aliphatic carbocycles. The highest BCUT2D eigenvalue weighted by Gasteiger charge is 2.14. The Kier molecular flexibility index (Phi) is 6.76. The lowest BCUT2D eigenvalue weighted by Crippen LogP contribution is -2.13. The third-order valence-corrected chi connectivity index (χ3v) is 4.93. The summed E-state index contributed by atoms with van der Waals surface area (Å²) in [7, 11) is 1.62. The molecule has 3 aromatic rings. The van der Waals surface area contributed by atoms with Gasteiger partial charge in [-0.15, -0.1) is 0 Å². The second kappa shape index (κ2) is 9.67. The Morgan fingerprint density at radius 3 is 2.12 bits per heavy atom. The second-order valence-corrected chi connectivity index (χ2v) is 7.24. The van der Waals surface area contributed by atoms with E-state index in [1.165, 1.54) is 6.92 Å². The van der Waals surface area contributed by atoms with Crippen LogP contribution >= 0.6 is 0 Å². The van der Waals surface area contributed by atoms with E-state index < -0.39 is 5.91 Å². The first kappa shape index (κ1) is 22.4. The predicted octanol–water partition coefficient (Wildman–Crippen LogP) is 4.61. The van der Waals surface area contributed by atoms with Crippen molar-refractivity contribution >= 4 is 29.3 Å². The summed E-state index contributed by atoms with van der Waals surface area (Å²) in [6.07, 6.45) is 1.59. The lowest BCUT2D eigenvalue weighted by molar-refractivity contribution is -0.114. The smallest absolute Gasteiger partial charge is 0.266 e. The molecule has 7 nitrogen and oxygen atoms in total. The van der Waals surface area contributed by atoms with Crippen molar-refractivity contribution in [3.05, 3.63) is 77.1 Å². The van der Waals surface area contributed by atoms with Gasteiger partial charge in [-0.05, 0) is 80.1 Å². The minimum atomic E-state index is -0.506. The molecule has 7 heteroatoms. The van der Waals surface area contributed by atoms with E-state index in [4.69, 9.17) is 4.74 Å². The van der Waals surface area contributed by atoms with Gasteiger partial charge in [-0.3, -0.25) is 9.59 Å². The van der Waals surface area contributed by atoms with E-state index in [9.17, 15) is 14.9 Å². The Morgan fingerprint density at radius 1 is 1.00 bits per heavy atom. The first-order chi connectivity index (χ1) is 15.3. The topological polar surface area (TPSA) is 96.2 Å². The Morgan fingerprint density at radius 2 is 1.59 bits per heavy atom. The quantitative estimate of drug-likeness (QED) is 0.443. The molecule has 2 amide bonds. The number of hydrogen-bond acceptors (Lipinski definition) is 4. The van der Waals surface area contributed by atoms with E-state index in [2.05, 4.69) is 15.2 Å². The molecular formula is C25H24N4O3. The maximum absolute atomic E-state index is 12.7. The van der Waals surface area contributed by atoms with Gasteiger partial charge in [-0.1, -0.05) is 0 Å². The summed E-state index contributed by atoms with van der Waals surface area (Å²) >= 11 is 0. The molecule has 0 unspecified atom stereocenters. The van der Waals surface area contributed by atoms with Gasteiger partial charge in [0.25, 0.3) is 5.91 Å². The van der Waals surface area contributed by atoms with E-state index in [0.717, 1.165) is 28.4 Å². The number of methoxy groups -OCH3 is 1. The second-order valence-electron chi connectivity index (χ2n) is 7.24. The number of nitrogens with zero attached hydrogens (tertiary/aromatic N) is 2. The molecule has 1 heterocycles. The molecule has 0 aliphatic heterocycles. The van der Waals surface area contributed by atoms with Gasteiger partial charge in [-0.2, -0.15) is 5.26 Å². The molecule has 0 saturated carbocycles. The standard InChI is InChI=1S/C25H24N4O3/c1-16-13-19(17(2)29(16)23-9-11-24(32-4)12-10-23)14-20(15-26)25(31)28-22-7-5-21(6-8-22)27-18(3)30/h5-14H,1-4H3,(H,27,30)(H,28,31)/b20-14-. The van der Waals surface area contributed by atoms with Gasteiger partial charge in [-0.25, -0.2) is 0 Å². The van der Waals surface area contributed by atoms with Crippen molar-refractivity contribution < 1.29 is 14.3 Å². The SMILES string of the molecule is COc1ccc(-n2c(C)cc(/C=C(/C#N)C(=O)Nc3ccc(NC(C)=O)cc3)c2C)cc1. The zero-order valence-corrected chi connectivity index (χ0v) is 18.4. The molecule has 0 bridgehead atoms. The molecule has 2 N–H and O–H groups in total. The normalized spacial score (nSPS) is 10.9. The maximum atomic E-state index is 12.7. The van der Waals surface area contributed by atoms with Gasteiger partial charge in [0, 0.05) is 35.4 Å². The Bertz CT molecular complexity index is 1210. The Hall–Kier alpha value is -4.31. The van der Waals surface area contributed by atoms with Crippen LogP contribution in [0.5, 0.6) is 5.75 Å². The number of carbonyl (C=O) groups excluding carboxylic acids is 2. The van der Waals surface area contributed by atoms with Crippen molar-refractivity contribution in [3.8, 4) is 17.5 Å². The number of amides is 2. The number of aryl methyl sites for hydroxylation is 1. The van der Waals surface area contributed by atoms with Crippen molar-refractivity contribution in [2.45, 2.75) is 20.8 Å². The fraction of sp³-hybridized carbons (Fsp3) is 0.160. The van der Waals surface area contributed by atoms with Gasteiger partial charge in [0.1, 0.15) is 17.4 Å². The van der Waals surface area contributed by atoms with Crippen LogP contribution in [0.2, 0.25) is 0 Å². The third kappa shape index (κ3) is 5.05. The van der Waals surface area contributed by atoms with Crippen LogP contribution < -0.4 is 15.4 Å². The van der Waals surface area contributed by atoms with Crippen molar-refractivity contribution in [1.82, 2.24) is 4.57 Å². The fourth-order valence-corrected chi connectivity index (χ4v) is 3.41. The van der Waals surface area contributed by atoms with Crippen LogP contribution in [0.25, 0.3) is 11.8 Å².